The lowest BCUT2D eigenvalue weighted by molar-refractivity contribution is 0.136. The van der Waals surface area contributed by atoms with E-state index in [1.165, 1.54) is 12.1 Å². The van der Waals surface area contributed by atoms with Crippen molar-refractivity contribution >= 4 is 10.1 Å². The van der Waals surface area contributed by atoms with Gasteiger partial charge in [-0.15, -0.1) is 0 Å². The largest absolute Gasteiger partial charge is 0.396 e. The molecule has 20 heavy (non-hydrogen) atoms. The molecular formula is C15H26O4S. The van der Waals surface area contributed by atoms with Gasteiger partial charge in [-0.3, -0.25) is 4.55 Å². The molecule has 0 unspecified atom stereocenters. The number of benzene rings is 1. The zero-order valence-electron chi connectivity index (χ0n) is 12.9. The monoisotopic (exact) mass is 302 g/mol. The van der Waals surface area contributed by atoms with Gasteiger partial charge in [-0.2, -0.15) is 8.42 Å². The van der Waals surface area contributed by atoms with Crippen molar-refractivity contribution in [1.29, 1.82) is 0 Å². The lowest BCUT2D eigenvalue weighted by Crippen LogP contribution is -2.18. The molecule has 1 aromatic rings. The maximum atomic E-state index is 10.5. The second-order valence-electron chi connectivity index (χ2n) is 6.21. The van der Waals surface area contributed by atoms with E-state index >= 15 is 0 Å². The third-order valence-electron chi connectivity index (χ3n) is 2.71. The SMILES string of the molecule is CC(C)CC(C)(C)CO.Cc1ccc(S(=O)(=O)O)cc1. The van der Waals surface area contributed by atoms with Crippen LogP contribution in [0.4, 0.5) is 0 Å². The molecule has 0 radical (unpaired) electrons. The molecule has 0 aliphatic rings. The van der Waals surface area contributed by atoms with Crippen LogP contribution in [0, 0.1) is 18.3 Å². The molecule has 0 aliphatic carbocycles. The third kappa shape index (κ3) is 8.30. The molecule has 0 bridgehead atoms. The molecule has 0 saturated heterocycles. The summed E-state index contributed by atoms with van der Waals surface area (Å²) in [7, 11) is -4.02. The van der Waals surface area contributed by atoms with Crippen molar-refractivity contribution in [3.05, 3.63) is 29.8 Å². The highest BCUT2D eigenvalue weighted by atomic mass is 32.2. The highest BCUT2D eigenvalue weighted by Crippen LogP contribution is 2.23. The van der Waals surface area contributed by atoms with Gasteiger partial charge < -0.3 is 5.11 Å². The Morgan fingerprint density at radius 2 is 1.60 bits per heavy atom. The van der Waals surface area contributed by atoms with Crippen LogP contribution in [0.15, 0.2) is 29.2 Å². The second kappa shape index (κ2) is 7.76. The molecule has 0 aromatic heterocycles. The normalized spacial score (nSPS) is 12.0. The van der Waals surface area contributed by atoms with E-state index in [-0.39, 0.29) is 10.3 Å². The van der Waals surface area contributed by atoms with E-state index in [1.54, 1.807) is 12.1 Å². The second-order valence-corrected chi connectivity index (χ2v) is 7.63. The Balaban J connectivity index is 0.000000370. The van der Waals surface area contributed by atoms with Crippen molar-refractivity contribution < 1.29 is 18.1 Å². The fraction of sp³-hybridized carbons (Fsp3) is 0.600. The quantitative estimate of drug-likeness (QED) is 0.837. The van der Waals surface area contributed by atoms with E-state index in [0.29, 0.717) is 12.5 Å². The Bertz CT molecular complexity index is 487. The maximum absolute atomic E-state index is 10.5. The van der Waals surface area contributed by atoms with Gasteiger partial charge in [0.15, 0.2) is 0 Å². The van der Waals surface area contributed by atoms with E-state index in [2.05, 4.69) is 27.7 Å². The summed E-state index contributed by atoms with van der Waals surface area (Å²) >= 11 is 0. The minimum atomic E-state index is -4.02. The molecule has 1 aromatic carbocycles. The van der Waals surface area contributed by atoms with Crippen molar-refractivity contribution in [3.63, 3.8) is 0 Å². The predicted octanol–water partition coefficient (Wildman–Crippen LogP) is 3.29. The highest BCUT2D eigenvalue weighted by Gasteiger charge is 2.17. The molecule has 0 spiro atoms. The first-order chi connectivity index (χ1) is 8.98. The highest BCUT2D eigenvalue weighted by molar-refractivity contribution is 7.85. The van der Waals surface area contributed by atoms with Gasteiger partial charge in [0.05, 0.1) is 4.90 Å². The van der Waals surface area contributed by atoms with Gasteiger partial charge in [0.1, 0.15) is 0 Å². The Morgan fingerprint density at radius 3 is 1.85 bits per heavy atom. The molecule has 2 N–H and O–H groups in total. The molecule has 0 fully saturated rings. The summed E-state index contributed by atoms with van der Waals surface area (Å²) in [5, 5.41) is 8.84. The van der Waals surface area contributed by atoms with Crippen LogP contribution in [-0.4, -0.2) is 24.7 Å². The molecule has 4 nitrogen and oxygen atoms in total. The maximum Gasteiger partial charge on any atom is 0.294 e. The van der Waals surface area contributed by atoms with E-state index < -0.39 is 10.1 Å². The summed E-state index contributed by atoms with van der Waals surface area (Å²) in [6.07, 6.45) is 1.10. The standard InChI is InChI=1S/C8H18O.C7H8O3S/c1-7(2)5-8(3,4)6-9;1-6-2-4-7(5-3-6)11(8,9)10/h7,9H,5-6H2,1-4H3;2-5H,1H3,(H,8,9,10). The molecule has 0 heterocycles. The van der Waals surface area contributed by atoms with Gasteiger partial charge >= 0.3 is 0 Å². The van der Waals surface area contributed by atoms with Crippen LogP contribution >= 0.6 is 0 Å². The van der Waals surface area contributed by atoms with E-state index in [1.807, 2.05) is 6.92 Å². The summed E-state index contributed by atoms with van der Waals surface area (Å²) < 4.78 is 29.6. The lowest BCUT2D eigenvalue weighted by Gasteiger charge is -2.23. The predicted molar refractivity (Wildman–Crippen MR) is 81.3 cm³/mol. The van der Waals surface area contributed by atoms with Gasteiger partial charge in [-0.1, -0.05) is 45.4 Å². The molecule has 0 atom stereocenters. The van der Waals surface area contributed by atoms with E-state index in [0.717, 1.165) is 12.0 Å². The summed E-state index contributed by atoms with van der Waals surface area (Å²) in [6, 6.07) is 5.99. The number of aliphatic hydroxyl groups is 1. The number of aliphatic hydroxyl groups excluding tert-OH is 1. The average Bonchev–Trinajstić information content (AvgIpc) is 2.27. The Kier molecular flexibility index (Phi) is 7.41. The fourth-order valence-electron chi connectivity index (χ4n) is 1.88. The molecule has 0 saturated carbocycles. The lowest BCUT2D eigenvalue weighted by atomic mass is 9.85. The molecular weight excluding hydrogens is 276 g/mol. The minimum Gasteiger partial charge on any atom is -0.396 e. The summed E-state index contributed by atoms with van der Waals surface area (Å²) in [5.74, 6) is 0.687. The summed E-state index contributed by atoms with van der Waals surface area (Å²) in [5.41, 5.74) is 1.08. The van der Waals surface area contributed by atoms with Gasteiger partial charge in [0.25, 0.3) is 10.1 Å². The van der Waals surface area contributed by atoms with Crippen molar-refractivity contribution in [2.24, 2.45) is 11.3 Å². The molecule has 1 rings (SSSR count). The topological polar surface area (TPSA) is 74.6 Å². The van der Waals surface area contributed by atoms with Gasteiger partial charge in [0.2, 0.25) is 0 Å². The van der Waals surface area contributed by atoms with Crippen LogP contribution in [0.1, 0.15) is 39.7 Å². The molecule has 5 heteroatoms. The smallest absolute Gasteiger partial charge is 0.294 e. The number of rotatable bonds is 4. The summed E-state index contributed by atoms with van der Waals surface area (Å²) in [6.45, 7) is 10.7. The zero-order valence-corrected chi connectivity index (χ0v) is 13.7. The van der Waals surface area contributed by atoms with Gasteiger partial charge in [-0.05, 0) is 36.8 Å². The van der Waals surface area contributed by atoms with Crippen molar-refractivity contribution in [2.75, 3.05) is 6.61 Å². The molecule has 0 aliphatic heterocycles. The molecule has 116 valence electrons. The zero-order chi connectivity index (χ0) is 16.0. The van der Waals surface area contributed by atoms with E-state index in [4.69, 9.17) is 9.66 Å². The molecule has 0 amide bonds. The minimum absolute atomic E-state index is 0.0666. The van der Waals surface area contributed by atoms with Gasteiger partial charge in [0, 0.05) is 6.61 Å². The van der Waals surface area contributed by atoms with Crippen LogP contribution in [0.25, 0.3) is 0 Å². The van der Waals surface area contributed by atoms with Crippen LogP contribution < -0.4 is 0 Å². The number of hydrogen-bond donors (Lipinski definition) is 2. The van der Waals surface area contributed by atoms with Crippen molar-refractivity contribution in [1.82, 2.24) is 0 Å². The third-order valence-corrected chi connectivity index (χ3v) is 3.58. The number of aryl methyl sites for hydroxylation is 1. The number of hydrogen-bond acceptors (Lipinski definition) is 3. The van der Waals surface area contributed by atoms with Crippen LogP contribution in [0.5, 0.6) is 0 Å². The van der Waals surface area contributed by atoms with Crippen molar-refractivity contribution in [2.45, 2.75) is 45.9 Å². The van der Waals surface area contributed by atoms with Crippen LogP contribution in [0.3, 0.4) is 0 Å². The van der Waals surface area contributed by atoms with E-state index in [9.17, 15) is 8.42 Å². The average molecular weight is 302 g/mol. The Labute approximate surface area is 122 Å². The first kappa shape index (κ1) is 19.1. The Hall–Kier alpha value is -0.910. The fourth-order valence-corrected chi connectivity index (χ4v) is 2.36. The Morgan fingerprint density at radius 1 is 1.15 bits per heavy atom. The van der Waals surface area contributed by atoms with Crippen molar-refractivity contribution in [3.8, 4) is 0 Å². The first-order valence-electron chi connectivity index (χ1n) is 6.63. The van der Waals surface area contributed by atoms with Gasteiger partial charge in [-0.25, -0.2) is 0 Å². The first-order valence-corrected chi connectivity index (χ1v) is 8.07. The van der Waals surface area contributed by atoms with Crippen LogP contribution in [0.2, 0.25) is 0 Å². The summed E-state index contributed by atoms with van der Waals surface area (Å²) in [4.78, 5) is -0.0666. The van der Waals surface area contributed by atoms with Crippen LogP contribution in [-0.2, 0) is 10.1 Å².